The van der Waals surface area contributed by atoms with E-state index in [4.69, 9.17) is 0 Å². The molecular formula is C12H25N3O2. The number of amides is 2. The first kappa shape index (κ1) is 15.9. The lowest BCUT2D eigenvalue weighted by atomic mass is 10.3. The summed E-state index contributed by atoms with van der Waals surface area (Å²) in [6, 6.07) is 0. The van der Waals surface area contributed by atoms with Crippen LogP contribution < -0.4 is 10.6 Å². The van der Waals surface area contributed by atoms with E-state index in [0.717, 1.165) is 12.8 Å². The number of carbonyl (C=O) groups excluding carboxylic acids is 2. The lowest BCUT2D eigenvalue weighted by Crippen LogP contribution is -2.42. The minimum Gasteiger partial charge on any atom is -0.355 e. The highest BCUT2D eigenvalue weighted by Gasteiger charge is 2.11. The van der Waals surface area contributed by atoms with Crippen molar-refractivity contribution in [1.82, 2.24) is 15.5 Å². The topological polar surface area (TPSA) is 61.4 Å². The summed E-state index contributed by atoms with van der Waals surface area (Å²) in [7, 11) is 0. The fourth-order valence-corrected chi connectivity index (χ4v) is 1.40. The molecule has 0 aliphatic carbocycles. The van der Waals surface area contributed by atoms with Crippen LogP contribution in [0.2, 0.25) is 0 Å². The zero-order chi connectivity index (χ0) is 13.1. The van der Waals surface area contributed by atoms with E-state index in [1.54, 1.807) is 0 Å². The Labute approximate surface area is 104 Å². The van der Waals surface area contributed by atoms with Gasteiger partial charge in [0.15, 0.2) is 0 Å². The summed E-state index contributed by atoms with van der Waals surface area (Å²) in [4.78, 5) is 24.7. The predicted molar refractivity (Wildman–Crippen MR) is 68.7 cm³/mol. The first-order valence-corrected chi connectivity index (χ1v) is 6.39. The zero-order valence-electron chi connectivity index (χ0n) is 11.2. The van der Waals surface area contributed by atoms with Gasteiger partial charge in [-0.3, -0.25) is 14.5 Å². The Balaban J connectivity index is 3.86. The van der Waals surface area contributed by atoms with Gasteiger partial charge in [-0.25, -0.2) is 0 Å². The lowest BCUT2D eigenvalue weighted by molar-refractivity contribution is -0.125. The van der Waals surface area contributed by atoms with Crippen LogP contribution in [0.3, 0.4) is 0 Å². The number of likely N-dealkylation sites (N-methyl/N-ethyl adjacent to an activating group) is 2. The SMILES string of the molecule is CCCCNC(=O)CN(CC)CC(=O)NCC. The van der Waals surface area contributed by atoms with Crippen LogP contribution in [-0.4, -0.2) is 49.4 Å². The van der Waals surface area contributed by atoms with Crippen LogP contribution in [0.15, 0.2) is 0 Å². The molecule has 100 valence electrons. The maximum atomic E-state index is 11.5. The predicted octanol–water partition coefficient (Wildman–Crippen LogP) is 0.361. The highest BCUT2D eigenvalue weighted by atomic mass is 16.2. The van der Waals surface area contributed by atoms with Crippen molar-refractivity contribution < 1.29 is 9.59 Å². The van der Waals surface area contributed by atoms with E-state index in [2.05, 4.69) is 17.6 Å². The number of hydrogen-bond acceptors (Lipinski definition) is 3. The van der Waals surface area contributed by atoms with Gasteiger partial charge < -0.3 is 10.6 Å². The largest absolute Gasteiger partial charge is 0.355 e. The van der Waals surface area contributed by atoms with Gasteiger partial charge >= 0.3 is 0 Å². The van der Waals surface area contributed by atoms with Gasteiger partial charge in [0.25, 0.3) is 0 Å². The lowest BCUT2D eigenvalue weighted by Gasteiger charge is -2.19. The molecule has 0 aromatic rings. The van der Waals surface area contributed by atoms with Gasteiger partial charge in [-0.2, -0.15) is 0 Å². The Bertz CT molecular complexity index is 232. The smallest absolute Gasteiger partial charge is 0.234 e. The van der Waals surface area contributed by atoms with Crippen molar-refractivity contribution >= 4 is 11.8 Å². The van der Waals surface area contributed by atoms with E-state index in [1.807, 2.05) is 18.7 Å². The molecule has 5 heteroatoms. The number of unbranched alkanes of at least 4 members (excludes halogenated alkanes) is 1. The average Bonchev–Trinajstić information content (AvgIpc) is 2.28. The molecule has 0 radical (unpaired) electrons. The number of nitrogens with one attached hydrogen (secondary N) is 2. The molecule has 0 aromatic heterocycles. The maximum absolute atomic E-state index is 11.5. The highest BCUT2D eigenvalue weighted by Crippen LogP contribution is 1.88. The Kier molecular flexibility index (Phi) is 9.43. The van der Waals surface area contributed by atoms with Crippen LogP contribution in [0.1, 0.15) is 33.6 Å². The molecule has 0 spiro atoms. The van der Waals surface area contributed by atoms with E-state index >= 15 is 0 Å². The molecule has 0 rings (SSSR count). The van der Waals surface area contributed by atoms with Crippen molar-refractivity contribution in [3.8, 4) is 0 Å². The molecule has 2 amide bonds. The molecule has 0 aromatic carbocycles. The van der Waals surface area contributed by atoms with Crippen molar-refractivity contribution in [2.45, 2.75) is 33.6 Å². The van der Waals surface area contributed by atoms with Gasteiger partial charge in [-0.1, -0.05) is 20.3 Å². The Morgan fingerprint density at radius 3 is 2.06 bits per heavy atom. The van der Waals surface area contributed by atoms with Crippen LogP contribution in [0, 0.1) is 0 Å². The van der Waals surface area contributed by atoms with Crippen LogP contribution in [0.25, 0.3) is 0 Å². The summed E-state index contributed by atoms with van der Waals surface area (Å²) < 4.78 is 0. The standard InChI is InChI=1S/C12H25N3O2/c1-4-7-8-14-12(17)10-15(6-3)9-11(16)13-5-2/h4-10H2,1-3H3,(H,13,16)(H,14,17). The second-order valence-electron chi connectivity index (χ2n) is 3.96. The Morgan fingerprint density at radius 1 is 1.00 bits per heavy atom. The molecule has 0 heterocycles. The summed E-state index contributed by atoms with van der Waals surface area (Å²) in [6.45, 7) is 8.51. The molecule has 0 saturated heterocycles. The third-order valence-corrected chi connectivity index (χ3v) is 2.41. The molecule has 0 fully saturated rings. The zero-order valence-corrected chi connectivity index (χ0v) is 11.2. The molecular weight excluding hydrogens is 218 g/mol. The van der Waals surface area contributed by atoms with Crippen molar-refractivity contribution in [3.63, 3.8) is 0 Å². The normalized spacial score (nSPS) is 10.4. The van der Waals surface area contributed by atoms with Crippen molar-refractivity contribution in [3.05, 3.63) is 0 Å². The van der Waals surface area contributed by atoms with Gasteiger partial charge in [0.05, 0.1) is 13.1 Å². The molecule has 17 heavy (non-hydrogen) atoms. The third kappa shape index (κ3) is 8.68. The second kappa shape index (κ2) is 10.1. The van der Waals surface area contributed by atoms with E-state index in [9.17, 15) is 9.59 Å². The van der Waals surface area contributed by atoms with Crippen LogP contribution in [-0.2, 0) is 9.59 Å². The molecule has 0 unspecified atom stereocenters. The van der Waals surface area contributed by atoms with Crippen molar-refractivity contribution in [1.29, 1.82) is 0 Å². The fraction of sp³-hybridized carbons (Fsp3) is 0.833. The van der Waals surface area contributed by atoms with Gasteiger partial charge in [0.1, 0.15) is 0 Å². The fourth-order valence-electron chi connectivity index (χ4n) is 1.40. The number of nitrogens with zero attached hydrogens (tertiary/aromatic N) is 1. The van der Waals surface area contributed by atoms with Crippen LogP contribution in [0.5, 0.6) is 0 Å². The number of hydrogen-bond donors (Lipinski definition) is 2. The molecule has 0 atom stereocenters. The quantitative estimate of drug-likeness (QED) is 0.575. The number of rotatable bonds is 9. The van der Waals surface area contributed by atoms with Gasteiger partial charge in [-0.15, -0.1) is 0 Å². The summed E-state index contributed by atoms with van der Waals surface area (Å²) in [5, 5.41) is 5.56. The first-order valence-electron chi connectivity index (χ1n) is 6.39. The highest BCUT2D eigenvalue weighted by molar-refractivity contribution is 5.81. The Morgan fingerprint density at radius 2 is 1.59 bits per heavy atom. The van der Waals surface area contributed by atoms with Crippen LogP contribution >= 0.6 is 0 Å². The van der Waals surface area contributed by atoms with E-state index in [0.29, 0.717) is 19.6 Å². The van der Waals surface area contributed by atoms with Crippen molar-refractivity contribution in [2.75, 3.05) is 32.7 Å². The van der Waals surface area contributed by atoms with E-state index < -0.39 is 0 Å². The molecule has 0 bridgehead atoms. The molecule has 0 saturated carbocycles. The minimum absolute atomic E-state index is 0.00963. The summed E-state index contributed by atoms with van der Waals surface area (Å²) in [5.74, 6) is -0.0414. The maximum Gasteiger partial charge on any atom is 0.234 e. The average molecular weight is 243 g/mol. The summed E-state index contributed by atoms with van der Waals surface area (Å²) >= 11 is 0. The van der Waals surface area contributed by atoms with E-state index in [1.165, 1.54) is 0 Å². The van der Waals surface area contributed by atoms with Gasteiger partial charge in [-0.05, 0) is 19.9 Å². The molecule has 5 nitrogen and oxygen atoms in total. The summed E-state index contributed by atoms with van der Waals surface area (Å²) in [5.41, 5.74) is 0. The first-order chi connectivity index (χ1) is 8.13. The van der Waals surface area contributed by atoms with Crippen molar-refractivity contribution in [2.24, 2.45) is 0 Å². The molecule has 2 N–H and O–H groups in total. The number of carbonyl (C=O) groups is 2. The molecule has 0 aliphatic heterocycles. The minimum atomic E-state index is -0.0318. The van der Waals surface area contributed by atoms with E-state index in [-0.39, 0.29) is 24.9 Å². The monoisotopic (exact) mass is 243 g/mol. The molecule has 0 aliphatic rings. The van der Waals surface area contributed by atoms with Gasteiger partial charge in [0.2, 0.25) is 11.8 Å². The summed E-state index contributed by atoms with van der Waals surface area (Å²) in [6.07, 6.45) is 2.06. The second-order valence-corrected chi connectivity index (χ2v) is 3.96. The Hall–Kier alpha value is -1.10. The van der Waals surface area contributed by atoms with Crippen LogP contribution in [0.4, 0.5) is 0 Å². The van der Waals surface area contributed by atoms with Gasteiger partial charge in [0, 0.05) is 13.1 Å². The third-order valence-electron chi connectivity index (χ3n) is 2.41.